The van der Waals surface area contributed by atoms with E-state index in [1.165, 1.54) is 20.0 Å². The van der Waals surface area contributed by atoms with Crippen LogP contribution in [0.2, 0.25) is 0 Å². The van der Waals surface area contributed by atoms with Crippen molar-refractivity contribution < 1.29 is 14.4 Å². The molecule has 1 aromatic heterocycles. The molecule has 0 bridgehead atoms. The van der Waals surface area contributed by atoms with Crippen LogP contribution in [-0.4, -0.2) is 22.6 Å². The van der Waals surface area contributed by atoms with Gasteiger partial charge in [0.25, 0.3) is 5.91 Å². The third-order valence-electron chi connectivity index (χ3n) is 4.03. The summed E-state index contributed by atoms with van der Waals surface area (Å²) < 4.78 is 0. The smallest absolute Gasteiger partial charge is 0.257 e. The first kappa shape index (κ1) is 19.8. The van der Waals surface area contributed by atoms with Crippen LogP contribution in [0.3, 0.4) is 0 Å². The lowest BCUT2D eigenvalue weighted by molar-refractivity contribution is -0.114. The Kier molecular flexibility index (Phi) is 5.99. The quantitative estimate of drug-likeness (QED) is 0.549. The molecule has 2 aromatic carbocycles. The Hall–Kier alpha value is -4.00. The van der Waals surface area contributed by atoms with Crippen LogP contribution in [-0.2, 0) is 4.79 Å². The molecule has 7 nitrogen and oxygen atoms in total. The van der Waals surface area contributed by atoms with E-state index in [0.29, 0.717) is 28.3 Å². The first-order valence-corrected chi connectivity index (χ1v) is 8.94. The molecule has 0 radical (unpaired) electrons. The normalized spacial score (nSPS) is 10.1. The van der Waals surface area contributed by atoms with E-state index in [0.717, 1.165) is 5.69 Å². The zero-order valence-electron chi connectivity index (χ0n) is 16.0. The maximum Gasteiger partial charge on any atom is 0.257 e. The summed E-state index contributed by atoms with van der Waals surface area (Å²) >= 11 is 0. The number of nitrogens with zero attached hydrogens (tertiary/aromatic N) is 1. The largest absolute Gasteiger partial charge is 0.340 e. The summed E-state index contributed by atoms with van der Waals surface area (Å²) in [5, 5.41) is 8.56. The number of rotatable bonds is 6. The Morgan fingerprint density at radius 3 is 2.00 bits per heavy atom. The number of ketones is 1. The fraction of sp³-hybridized carbons (Fsp3) is 0.0909. The summed E-state index contributed by atoms with van der Waals surface area (Å²) in [7, 11) is 0. The molecule has 0 unspecified atom stereocenters. The first-order valence-electron chi connectivity index (χ1n) is 8.94. The average Bonchev–Trinajstić information content (AvgIpc) is 2.68. The number of aromatic nitrogens is 1. The van der Waals surface area contributed by atoms with E-state index in [-0.39, 0.29) is 17.6 Å². The molecular weight excluding hydrogens is 368 g/mol. The molecule has 0 saturated carbocycles. The van der Waals surface area contributed by atoms with Crippen LogP contribution in [0.4, 0.5) is 22.9 Å². The molecule has 0 spiro atoms. The van der Waals surface area contributed by atoms with Gasteiger partial charge in [0.1, 0.15) is 5.82 Å². The number of pyridine rings is 1. The van der Waals surface area contributed by atoms with Crippen molar-refractivity contribution >= 4 is 40.5 Å². The van der Waals surface area contributed by atoms with E-state index in [4.69, 9.17) is 0 Å². The van der Waals surface area contributed by atoms with E-state index in [2.05, 4.69) is 20.9 Å². The van der Waals surface area contributed by atoms with Crippen molar-refractivity contribution in [1.82, 2.24) is 4.98 Å². The molecule has 3 N–H and O–H groups in total. The molecule has 0 atom stereocenters. The maximum atomic E-state index is 12.4. The highest BCUT2D eigenvalue weighted by molar-refractivity contribution is 6.04. The first-order chi connectivity index (χ1) is 13.9. The van der Waals surface area contributed by atoms with Gasteiger partial charge in [0.15, 0.2) is 5.78 Å². The summed E-state index contributed by atoms with van der Waals surface area (Å²) in [6.07, 6.45) is 1.47. The molecule has 0 aliphatic rings. The van der Waals surface area contributed by atoms with Crippen LogP contribution in [0, 0.1) is 0 Å². The molecule has 3 aromatic rings. The van der Waals surface area contributed by atoms with E-state index >= 15 is 0 Å². The molecule has 2 amide bonds. The zero-order valence-corrected chi connectivity index (χ0v) is 16.0. The second-order valence-corrected chi connectivity index (χ2v) is 6.41. The Labute approximate surface area is 168 Å². The van der Waals surface area contributed by atoms with Crippen LogP contribution in [0.15, 0.2) is 66.9 Å². The molecule has 0 saturated heterocycles. The van der Waals surface area contributed by atoms with E-state index in [9.17, 15) is 14.4 Å². The lowest BCUT2D eigenvalue weighted by atomic mass is 10.1. The van der Waals surface area contributed by atoms with Crippen molar-refractivity contribution in [2.75, 3.05) is 16.0 Å². The Morgan fingerprint density at radius 1 is 0.759 bits per heavy atom. The number of hydrogen-bond donors (Lipinski definition) is 3. The predicted octanol–water partition coefficient (Wildman–Crippen LogP) is 4.24. The van der Waals surface area contributed by atoms with Crippen LogP contribution in [0.25, 0.3) is 0 Å². The minimum Gasteiger partial charge on any atom is -0.340 e. The van der Waals surface area contributed by atoms with Gasteiger partial charge in [-0.3, -0.25) is 14.4 Å². The summed E-state index contributed by atoms with van der Waals surface area (Å²) in [4.78, 5) is 39.2. The molecule has 0 fully saturated rings. The lowest BCUT2D eigenvalue weighted by Crippen LogP contribution is -2.13. The van der Waals surface area contributed by atoms with Crippen LogP contribution in [0.1, 0.15) is 34.6 Å². The van der Waals surface area contributed by atoms with Gasteiger partial charge >= 0.3 is 0 Å². The van der Waals surface area contributed by atoms with E-state index < -0.39 is 0 Å². The zero-order chi connectivity index (χ0) is 20.8. The molecule has 0 aliphatic heterocycles. The van der Waals surface area contributed by atoms with Crippen LogP contribution < -0.4 is 16.0 Å². The number of nitrogens with one attached hydrogen (secondary N) is 3. The maximum absolute atomic E-state index is 12.4. The molecule has 3 rings (SSSR count). The summed E-state index contributed by atoms with van der Waals surface area (Å²) in [5.41, 5.74) is 2.98. The van der Waals surface area contributed by atoms with Gasteiger partial charge < -0.3 is 16.0 Å². The average molecular weight is 388 g/mol. The number of benzene rings is 2. The van der Waals surface area contributed by atoms with Gasteiger partial charge in [0.05, 0.1) is 5.56 Å². The standard InChI is InChI=1S/C22H20N4O3/c1-14(27)16-6-9-18(10-7-16)25-21-11-8-17(13-23-21)22(29)26-20-5-3-4-19(12-20)24-15(2)28/h3-13H,1-2H3,(H,23,25)(H,24,28)(H,26,29). The van der Waals surface area contributed by atoms with Crippen molar-refractivity contribution in [3.63, 3.8) is 0 Å². The second-order valence-electron chi connectivity index (χ2n) is 6.41. The molecular formula is C22H20N4O3. The molecule has 7 heteroatoms. The molecule has 1 heterocycles. The van der Waals surface area contributed by atoms with Gasteiger partial charge in [-0.05, 0) is 61.5 Å². The van der Waals surface area contributed by atoms with Crippen LogP contribution >= 0.6 is 0 Å². The van der Waals surface area contributed by atoms with Gasteiger partial charge in [-0.1, -0.05) is 6.07 Å². The van der Waals surface area contributed by atoms with E-state index in [1.54, 1.807) is 60.7 Å². The number of hydrogen-bond acceptors (Lipinski definition) is 5. The van der Waals surface area contributed by atoms with Crippen molar-refractivity contribution in [3.05, 3.63) is 78.0 Å². The minimum absolute atomic E-state index is 0.00709. The molecule has 29 heavy (non-hydrogen) atoms. The van der Waals surface area contributed by atoms with Gasteiger partial charge in [0.2, 0.25) is 5.91 Å². The van der Waals surface area contributed by atoms with Crippen LogP contribution in [0.5, 0.6) is 0 Å². The third kappa shape index (κ3) is 5.49. The fourth-order valence-corrected chi connectivity index (χ4v) is 2.62. The monoisotopic (exact) mass is 388 g/mol. The molecule has 0 aliphatic carbocycles. The van der Waals surface area contributed by atoms with Gasteiger partial charge in [0, 0.05) is 35.7 Å². The summed E-state index contributed by atoms with van der Waals surface area (Å²) in [6.45, 7) is 2.94. The summed E-state index contributed by atoms with van der Waals surface area (Å²) in [6, 6.07) is 17.3. The minimum atomic E-state index is -0.310. The highest BCUT2D eigenvalue weighted by atomic mass is 16.2. The number of Topliss-reactive ketones (excluding diaryl/α,β-unsaturated/α-hetero) is 1. The highest BCUT2D eigenvalue weighted by Crippen LogP contribution is 2.18. The van der Waals surface area contributed by atoms with Crippen molar-refractivity contribution in [3.8, 4) is 0 Å². The van der Waals surface area contributed by atoms with Gasteiger partial charge in [-0.2, -0.15) is 0 Å². The Morgan fingerprint density at radius 2 is 1.41 bits per heavy atom. The SMILES string of the molecule is CC(=O)Nc1cccc(NC(=O)c2ccc(Nc3ccc(C(C)=O)cc3)nc2)c1. The third-order valence-corrected chi connectivity index (χ3v) is 4.03. The Balaban J connectivity index is 1.64. The number of amides is 2. The number of carbonyl (C=O) groups excluding carboxylic acids is 3. The Bertz CT molecular complexity index is 1040. The van der Waals surface area contributed by atoms with Gasteiger partial charge in [-0.15, -0.1) is 0 Å². The predicted molar refractivity (Wildman–Crippen MR) is 113 cm³/mol. The summed E-state index contributed by atoms with van der Waals surface area (Å²) in [5.74, 6) is 0.0870. The number of anilines is 4. The fourth-order valence-electron chi connectivity index (χ4n) is 2.62. The van der Waals surface area contributed by atoms with Gasteiger partial charge in [-0.25, -0.2) is 4.98 Å². The lowest BCUT2D eigenvalue weighted by Gasteiger charge is -2.09. The van der Waals surface area contributed by atoms with Crippen molar-refractivity contribution in [2.24, 2.45) is 0 Å². The molecule has 146 valence electrons. The topological polar surface area (TPSA) is 100 Å². The van der Waals surface area contributed by atoms with Crippen molar-refractivity contribution in [1.29, 1.82) is 0 Å². The second kappa shape index (κ2) is 8.79. The number of carbonyl (C=O) groups is 3. The van der Waals surface area contributed by atoms with E-state index in [1.807, 2.05) is 0 Å². The van der Waals surface area contributed by atoms with Crippen molar-refractivity contribution in [2.45, 2.75) is 13.8 Å². The highest BCUT2D eigenvalue weighted by Gasteiger charge is 2.08.